The fourth-order valence-corrected chi connectivity index (χ4v) is 6.52. The van der Waals surface area contributed by atoms with Gasteiger partial charge in [-0.25, -0.2) is 9.29 Å². The van der Waals surface area contributed by atoms with Crippen molar-refractivity contribution in [1.82, 2.24) is 10.3 Å². The van der Waals surface area contributed by atoms with Crippen molar-refractivity contribution < 1.29 is 18.8 Å². The molecule has 4 heterocycles. The molecule has 4 aromatic rings. The van der Waals surface area contributed by atoms with E-state index in [-0.39, 0.29) is 16.6 Å². The van der Waals surface area contributed by atoms with Crippen LogP contribution in [0.5, 0.6) is 0 Å². The molecular formula is C28H20ClFN4O3. The third-order valence-electron chi connectivity index (χ3n) is 7.90. The molecule has 4 atom stereocenters. The van der Waals surface area contributed by atoms with E-state index in [0.29, 0.717) is 17.7 Å². The van der Waals surface area contributed by atoms with Crippen molar-refractivity contribution in [2.24, 2.45) is 11.8 Å². The maximum Gasteiger partial charge on any atom is 0.250 e. The average Bonchev–Trinajstić information content (AvgIpc) is 3.60. The van der Waals surface area contributed by atoms with Crippen LogP contribution in [0.2, 0.25) is 5.02 Å². The summed E-state index contributed by atoms with van der Waals surface area (Å²) in [5.41, 5.74) is 1.94. The zero-order valence-electron chi connectivity index (χ0n) is 19.3. The Labute approximate surface area is 215 Å². The van der Waals surface area contributed by atoms with E-state index in [0.717, 1.165) is 27.4 Å². The molecule has 0 radical (unpaired) electrons. The van der Waals surface area contributed by atoms with E-state index in [1.54, 1.807) is 12.1 Å². The number of amides is 3. The topological polar surface area (TPSA) is 94.3 Å². The summed E-state index contributed by atoms with van der Waals surface area (Å²) in [5.74, 6) is -3.78. The number of hydrogen-bond acceptors (Lipinski definition) is 4. The van der Waals surface area contributed by atoms with Crippen molar-refractivity contribution in [3.63, 3.8) is 0 Å². The van der Waals surface area contributed by atoms with Gasteiger partial charge in [0.2, 0.25) is 17.7 Å². The van der Waals surface area contributed by atoms with Crippen molar-refractivity contribution in [1.29, 1.82) is 0 Å². The summed E-state index contributed by atoms with van der Waals surface area (Å²) in [4.78, 5) is 45.9. The van der Waals surface area contributed by atoms with Crippen LogP contribution in [0.1, 0.15) is 11.1 Å². The highest BCUT2D eigenvalue weighted by molar-refractivity contribution is 6.32. The molecule has 0 unspecified atom stereocenters. The molecule has 7 nitrogen and oxygen atoms in total. The number of nitrogens with one attached hydrogen (secondary N) is 3. The third-order valence-corrected chi connectivity index (χ3v) is 8.19. The second-order valence-corrected chi connectivity index (χ2v) is 10.1. The fourth-order valence-electron chi connectivity index (χ4n) is 6.35. The smallest absolute Gasteiger partial charge is 0.250 e. The summed E-state index contributed by atoms with van der Waals surface area (Å²) < 4.78 is 13.9. The van der Waals surface area contributed by atoms with Crippen LogP contribution in [0.25, 0.3) is 10.9 Å². The number of carbonyl (C=O) groups excluding carboxylic acids is 3. The van der Waals surface area contributed by atoms with Gasteiger partial charge in [-0.05, 0) is 42.3 Å². The number of hydrogen-bond donors (Lipinski definition) is 3. The predicted octanol–water partition coefficient (Wildman–Crippen LogP) is 4.13. The number of anilines is 2. The quantitative estimate of drug-likeness (QED) is 0.358. The molecule has 2 saturated heterocycles. The third kappa shape index (κ3) is 2.94. The average molecular weight is 515 g/mol. The van der Waals surface area contributed by atoms with Crippen LogP contribution in [0.4, 0.5) is 15.8 Å². The minimum atomic E-state index is -1.41. The van der Waals surface area contributed by atoms with Gasteiger partial charge in [-0.15, -0.1) is 0 Å². The number of H-pyrrole nitrogens is 1. The van der Waals surface area contributed by atoms with Crippen LogP contribution < -0.4 is 15.5 Å². The molecule has 37 heavy (non-hydrogen) atoms. The molecule has 7 rings (SSSR count). The Bertz CT molecular complexity index is 1650. The second-order valence-electron chi connectivity index (χ2n) is 9.74. The molecule has 1 aromatic heterocycles. The van der Waals surface area contributed by atoms with E-state index in [2.05, 4.69) is 15.6 Å². The summed E-state index contributed by atoms with van der Waals surface area (Å²) in [7, 11) is 0. The highest BCUT2D eigenvalue weighted by atomic mass is 35.5. The second kappa shape index (κ2) is 7.74. The number of para-hydroxylation sites is 2. The molecule has 0 bridgehead atoms. The Morgan fingerprint density at radius 3 is 2.59 bits per heavy atom. The zero-order valence-corrected chi connectivity index (χ0v) is 20.1. The molecule has 0 saturated carbocycles. The lowest BCUT2D eigenvalue weighted by atomic mass is 9.76. The molecular weight excluding hydrogens is 495 g/mol. The maximum atomic E-state index is 14.0. The summed E-state index contributed by atoms with van der Waals surface area (Å²) in [6.07, 6.45) is 2.31. The number of imide groups is 1. The van der Waals surface area contributed by atoms with Crippen LogP contribution in [0.15, 0.2) is 72.9 Å². The fraction of sp³-hybridized carbons (Fsp3) is 0.179. The van der Waals surface area contributed by atoms with Gasteiger partial charge in [0.05, 0.1) is 22.5 Å². The van der Waals surface area contributed by atoms with Gasteiger partial charge < -0.3 is 10.3 Å². The van der Waals surface area contributed by atoms with Gasteiger partial charge >= 0.3 is 0 Å². The summed E-state index contributed by atoms with van der Waals surface area (Å²) in [6, 6.07) is 18.3. The van der Waals surface area contributed by atoms with Crippen LogP contribution in [-0.2, 0) is 26.3 Å². The standard InChI is InChI=1S/C28H20ClFN4O3/c29-18-12-15(9-10-19(18)30)34-25(35)23-22(11-14-13-31-20-7-3-1-5-16(14)20)33-28(24(23)26(34)36)17-6-2-4-8-21(17)32-27(28)37/h1-10,12-13,22-24,31,33H,11H2,(H,32,37)/t22-,23+,24-,28-/m0/s1. The number of halogens is 2. The minimum absolute atomic E-state index is 0.184. The van der Waals surface area contributed by atoms with E-state index in [1.807, 2.05) is 42.6 Å². The molecule has 1 spiro atoms. The molecule has 2 fully saturated rings. The van der Waals surface area contributed by atoms with Crippen molar-refractivity contribution in [2.45, 2.75) is 18.0 Å². The van der Waals surface area contributed by atoms with Gasteiger partial charge in [0.1, 0.15) is 11.4 Å². The monoisotopic (exact) mass is 514 g/mol. The van der Waals surface area contributed by atoms with E-state index in [1.165, 1.54) is 12.1 Å². The van der Waals surface area contributed by atoms with Crippen LogP contribution >= 0.6 is 11.6 Å². The number of benzene rings is 3. The lowest BCUT2D eigenvalue weighted by Gasteiger charge is -2.29. The summed E-state index contributed by atoms with van der Waals surface area (Å²) in [6.45, 7) is 0. The summed E-state index contributed by atoms with van der Waals surface area (Å²) >= 11 is 5.99. The lowest BCUT2D eigenvalue weighted by molar-refractivity contribution is -0.130. The molecule has 3 aromatic carbocycles. The number of aromatic amines is 1. The number of carbonyl (C=O) groups is 3. The molecule has 0 aliphatic carbocycles. The minimum Gasteiger partial charge on any atom is -0.361 e. The molecule has 9 heteroatoms. The SMILES string of the molecule is O=C1[C@@H]2[C@H](Cc3c[nH]c4ccccc34)N[C@]3(C(=O)Nc4ccccc43)[C@@H]2C(=O)N1c1ccc(F)c(Cl)c1. The first-order chi connectivity index (χ1) is 17.9. The predicted molar refractivity (Wildman–Crippen MR) is 137 cm³/mol. The molecule has 3 aliphatic heterocycles. The maximum absolute atomic E-state index is 14.0. The van der Waals surface area contributed by atoms with E-state index >= 15 is 0 Å². The van der Waals surface area contributed by atoms with Gasteiger partial charge in [-0.3, -0.25) is 19.7 Å². The van der Waals surface area contributed by atoms with Crippen LogP contribution in [0.3, 0.4) is 0 Å². The Morgan fingerprint density at radius 1 is 0.973 bits per heavy atom. The van der Waals surface area contributed by atoms with Gasteiger partial charge in [0.15, 0.2) is 0 Å². The first-order valence-electron chi connectivity index (χ1n) is 12.0. The van der Waals surface area contributed by atoms with Gasteiger partial charge in [-0.2, -0.15) is 0 Å². The van der Waals surface area contributed by atoms with E-state index < -0.39 is 41.0 Å². The molecule has 3 N–H and O–H groups in total. The number of rotatable bonds is 3. The van der Waals surface area contributed by atoms with Gasteiger partial charge in [0.25, 0.3) is 0 Å². The Morgan fingerprint density at radius 2 is 1.76 bits per heavy atom. The van der Waals surface area contributed by atoms with Gasteiger partial charge in [-0.1, -0.05) is 48.0 Å². The number of nitrogens with zero attached hydrogens (tertiary/aromatic N) is 1. The number of aromatic nitrogens is 1. The van der Waals surface area contributed by atoms with Crippen molar-refractivity contribution in [3.05, 3.63) is 94.9 Å². The van der Waals surface area contributed by atoms with Crippen LogP contribution in [0, 0.1) is 17.7 Å². The number of fused-ring (bicyclic) bond motifs is 5. The largest absolute Gasteiger partial charge is 0.361 e. The van der Waals surface area contributed by atoms with Crippen molar-refractivity contribution in [2.75, 3.05) is 10.2 Å². The van der Waals surface area contributed by atoms with Crippen molar-refractivity contribution in [3.8, 4) is 0 Å². The van der Waals surface area contributed by atoms with Gasteiger partial charge in [0, 0.05) is 34.4 Å². The first-order valence-corrected chi connectivity index (χ1v) is 12.3. The molecule has 3 amide bonds. The molecule has 184 valence electrons. The molecule has 3 aliphatic rings. The Kier molecular flexibility index (Phi) is 4.65. The Balaban J connectivity index is 1.38. The first kappa shape index (κ1) is 22.2. The highest BCUT2D eigenvalue weighted by Gasteiger charge is 2.70. The normalized spacial score (nSPS) is 26.3. The van der Waals surface area contributed by atoms with Crippen LogP contribution in [-0.4, -0.2) is 28.7 Å². The Hall–Kier alpha value is -4.01. The van der Waals surface area contributed by atoms with Crippen molar-refractivity contribution >= 4 is 51.6 Å². The van der Waals surface area contributed by atoms with E-state index in [9.17, 15) is 18.8 Å². The van der Waals surface area contributed by atoms with E-state index in [4.69, 9.17) is 11.6 Å². The lowest BCUT2D eigenvalue weighted by Crippen LogP contribution is -2.53. The summed E-state index contributed by atoms with van der Waals surface area (Å²) in [5, 5.41) is 7.17. The zero-order chi connectivity index (χ0) is 25.5. The highest BCUT2D eigenvalue weighted by Crippen LogP contribution is 2.54.